The van der Waals surface area contributed by atoms with Gasteiger partial charge in [-0.15, -0.1) is 0 Å². The Bertz CT molecular complexity index is 1360. The maximum atomic E-state index is 13.6. The Morgan fingerprint density at radius 1 is 0.938 bits per heavy atom. The molecule has 0 bridgehead atoms. The van der Waals surface area contributed by atoms with E-state index in [2.05, 4.69) is 11.9 Å². The lowest BCUT2D eigenvalue weighted by Gasteiger charge is -2.30. The fourth-order valence-corrected chi connectivity index (χ4v) is 5.56. The molecular weight excluding hydrogens is 420 g/mol. The van der Waals surface area contributed by atoms with Crippen molar-refractivity contribution in [1.82, 2.24) is 4.98 Å². The second kappa shape index (κ2) is 8.10. The minimum Gasteiger partial charge on any atom is -0.419 e. The smallest absolute Gasteiger partial charge is 0.236 e. The van der Waals surface area contributed by atoms with Crippen molar-refractivity contribution in [3.8, 4) is 11.5 Å². The molecule has 1 aliphatic rings. The third kappa shape index (κ3) is 3.69. The van der Waals surface area contributed by atoms with E-state index in [1.807, 2.05) is 54.3 Å². The molecule has 0 aliphatic carbocycles. The molecule has 1 aromatic heterocycles. The predicted molar refractivity (Wildman–Crippen MR) is 127 cm³/mol. The van der Waals surface area contributed by atoms with Gasteiger partial charge in [0.1, 0.15) is 0 Å². The Labute approximate surface area is 188 Å². The number of hydrogen-bond acceptors (Lipinski definition) is 5. The van der Waals surface area contributed by atoms with Gasteiger partial charge in [0.05, 0.1) is 4.90 Å². The highest BCUT2D eigenvalue weighted by atomic mass is 32.2. The molecule has 1 saturated heterocycles. The van der Waals surface area contributed by atoms with Gasteiger partial charge in [0.25, 0.3) is 0 Å². The van der Waals surface area contributed by atoms with Crippen LogP contribution in [0.2, 0.25) is 0 Å². The lowest BCUT2D eigenvalue weighted by molar-refractivity contribution is 0.416. The average molecular weight is 447 g/mol. The Balaban J connectivity index is 1.68. The molecular formula is C26H26N2O3S. The van der Waals surface area contributed by atoms with Crippen LogP contribution in [0.3, 0.4) is 0 Å². The van der Waals surface area contributed by atoms with Crippen molar-refractivity contribution in [2.45, 2.75) is 36.6 Å². The van der Waals surface area contributed by atoms with Gasteiger partial charge < -0.3 is 9.32 Å². The van der Waals surface area contributed by atoms with E-state index in [0.29, 0.717) is 17.7 Å². The number of fused-ring (bicyclic) bond motifs is 1. The summed E-state index contributed by atoms with van der Waals surface area (Å²) >= 11 is 0. The summed E-state index contributed by atoms with van der Waals surface area (Å²) in [7, 11) is -3.84. The van der Waals surface area contributed by atoms with Gasteiger partial charge in [0.2, 0.25) is 26.6 Å². The zero-order chi connectivity index (χ0) is 22.3. The highest BCUT2D eigenvalue weighted by molar-refractivity contribution is 7.91. The van der Waals surface area contributed by atoms with Crippen molar-refractivity contribution >= 4 is 26.5 Å². The van der Waals surface area contributed by atoms with E-state index >= 15 is 0 Å². The van der Waals surface area contributed by atoms with Crippen LogP contribution in [-0.2, 0) is 9.84 Å². The molecule has 32 heavy (non-hydrogen) atoms. The van der Waals surface area contributed by atoms with E-state index in [9.17, 15) is 8.42 Å². The normalized spacial score (nSPS) is 15.4. The first kappa shape index (κ1) is 20.8. The molecule has 4 aromatic rings. The Kier molecular flexibility index (Phi) is 5.25. The molecule has 2 heterocycles. The van der Waals surface area contributed by atoms with Crippen LogP contribution in [0.1, 0.15) is 25.3 Å². The van der Waals surface area contributed by atoms with Crippen LogP contribution < -0.4 is 4.90 Å². The Morgan fingerprint density at radius 3 is 2.38 bits per heavy atom. The van der Waals surface area contributed by atoms with Crippen LogP contribution >= 0.6 is 0 Å². The molecule has 0 N–H and O–H groups in total. The molecule has 0 spiro atoms. The largest absolute Gasteiger partial charge is 0.419 e. The zero-order valence-electron chi connectivity index (χ0n) is 18.3. The quantitative estimate of drug-likeness (QED) is 0.392. The first-order valence-corrected chi connectivity index (χ1v) is 12.5. The van der Waals surface area contributed by atoms with Crippen molar-refractivity contribution in [3.05, 3.63) is 72.3 Å². The van der Waals surface area contributed by atoms with Crippen molar-refractivity contribution < 1.29 is 12.8 Å². The summed E-state index contributed by atoms with van der Waals surface area (Å²) in [5.74, 6) is 1.30. The van der Waals surface area contributed by atoms with Crippen LogP contribution in [-0.4, -0.2) is 26.5 Å². The van der Waals surface area contributed by atoms with Gasteiger partial charge >= 0.3 is 0 Å². The van der Waals surface area contributed by atoms with Crippen LogP contribution in [0, 0.1) is 12.8 Å². The summed E-state index contributed by atoms with van der Waals surface area (Å²) in [6, 6.07) is 20.8. The third-order valence-electron chi connectivity index (χ3n) is 6.26. The van der Waals surface area contributed by atoms with Crippen LogP contribution in [0.15, 0.2) is 81.1 Å². The molecule has 5 rings (SSSR count). The predicted octanol–water partition coefficient (Wildman–Crippen LogP) is 5.87. The van der Waals surface area contributed by atoms with Crippen LogP contribution in [0.25, 0.3) is 22.2 Å². The number of piperidine rings is 1. The first-order chi connectivity index (χ1) is 15.4. The second-order valence-corrected chi connectivity index (χ2v) is 10.5. The summed E-state index contributed by atoms with van der Waals surface area (Å²) in [6.07, 6.45) is 1.99. The van der Waals surface area contributed by atoms with E-state index in [4.69, 9.17) is 4.42 Å². The van der Waals surface area contributed by atoms with Crippen molar-refractivity contribution in [2.75, 3.05) is 18.0 Å². The number of hydrogen-bond donors (Lipinski definition) is 0. The molecule has 5 nitrogen and oxygen atoms in total. The van der Waals surface area contributed by atoms with Crippen molar-refractivity contribution in [3.63, 3.8) is 0 Å². The molecule has 3 aromatic carbocycles. The van der Waals surface area contributed by atoms with Gasteiger partial charge in [-0.3, -0.25) is 0 Å². The fraction of sp³-hybridized carbons (Fsp3) is 0.269. The molecule has 1 aliphatic heterocycles. The Hall–Kier alpha value is -3.12. The molecule has 0 amide bonds. The van der Waals surface area contributed by atoms with Gasteiger partial charge in [-0.2, -0.15) is 4.98 Å². The summed E-state index contributed by atoms with van der Waals surface area (Å²) in [6.45, 7) is 5.66. The number of benzene rings is 3. The topological polar surface area (TPSA) is 63.4 Å². The summed E-state index contributed by atoms with van der Waals surface area (Å²) in [4.78, 5) is 6.86. The standard InChI is InChI=1S/C26H26N2O3S/c1-18-10-12-21(13-11-18)32(29,30)25-26(28-16-14-19(2)15-17-28)31-24(27-25)23-9-5-7-20-6-3-4-8-22(20)23/h3-13,19H,14-17H2,1-2H3. The maximum Gasteiger partial charge on any atom is 0.236 e. The highest BCUT2D eigenvalue weighted by Crippen LogP contribution is 2.38. The molecule has 0 radical (unpaired) electrons. The lowest BCUT2D eigenvalue weighted by Crippen LogP contribution is -2.33. The highest BCUT2D eigenvalue weighted by Gasteiger charge is 2.33. The molecule has 1 fully saturated rings. The maximum absolute atomic E-state index is 13.6. The fourth-order valence-electron chi connectivity index (χ4n) is 4.24. The molecule has 0 atom stereocenters. The summed E-state index contributed by atoms with van der Waals surface area (Å²) in [5, 5.41) is 2.03. The number of anilines is 1. The van der Waals surface area contributed by atoms with E-state index in [-0.39, 0.29) is 9.92 Å². The average Bonchev–Trinajstić information content (AvgIpc) is 3.26. The number of oxazole rings is 1. The van der Waals surface area contributed by atoms with Crippen molar-refractivity contribution in [1.29, 1.82) is 0 Å². The first-order valence-electron chi connectivity index (χ1n) is 11.0. The van der Waals surface area contributed by atoms with Crippen LogP contribution in [0.4, 0.5) is 5.88 Å². The SMILES string of the molecule is Cc1ccc(S(=O)(=O)c2nc(-c3cccc4ccccc34)oc2N2CCC(C)CC2)cc1. The zero-order valence-corrected chi connectivity index (χ0v) is 19.1. The third-order valence-corrected chi connectivity index (χ3v) is 7.92. The molecule has 0 saturated carbocycles. The summed E-state index contributed by atoms with van der Waals surface area (Å²) < 4.78 is 33.5. The van der Waals surface area contributed by atoms with E-state index in [1.54, 1.807) is 24.3 Å². The number of aryl methyl sites for hydroxylation is 1. The second-order valence-electron chi connectivity index (χ2n) is 8.64. The minimum atomic E-state index is -3.84. The molecule has 164 valence electrons. The van der Waals surface area contributed by atoms with Gasteiger partial charge in [-0.25, -0.2) is 8.42 Å². The van der Waals surface area contributed by atoms with Gasteiger partial charge in [-0.1, -0.05) is 61.0 Å². The lowest BCUT2D eigenvalue weighted by atomic mass is 9.99. The number of nitrogens with zero attached hydrogens (tertiary/aromatic N) is 2. The number of sulfone groups is 1. The molecule has 0 unspecified atom stereocenters. The monoisotopic (exact) mass is 446 g/mol. The van der Waals surface area contributed by atoms with E-state index in [0.717, 1.165) is 47.8 Å². The van der Waals surface area contributed by atoms with Gasteiger partial charge in [-0.05, 0) is 54.7 Å². The van der Waals surface area contributed by atoms with Gasteiger partial charge in [0, 0.05) is 18.7 Å². The number of aromatic nitrogens is 1. The van der Waals surface area contributed by atoms with Gasteiger partial charge in [0.15, 0.2) is 0 Å². The van der Waals surface area contributed by atoms with Crippen LogP contribution in [0.5, 0.6) is 0 Å². The minimum absolute atomic E-state index is 0.00107. The summed E-state index contributed by atoms with van der Waals surface area (Å²) in [5.41, 5.74) is 1.80. The number of rotatable bonds is 4. The van der Waals surface area contributed by atoms with E-state index in [1.165, 1.54) is 0 Å². The Morgan fingerprint density at radius 2 is 1.62 bits per heavy atom. The van der Waals surface area contributed by atoms with Crippen molar-refractivity contribution in [2.24, 2.45) is 5.92 Å². The molecule has 6 heteroatoms. The van der Waals surface area contributed by atoms with E-state index < -0.39 is 9.84 Å².